The van der Waals surface area contributed by atoms with Crippen molar-refractivity contribution in [2.75, 3.05) is 11.9 Å². The predicted molar refractivity (Wildman–Crippen MR) is 96.3 cm³/mol. The van der Waals surface area contributed by atoms with Gasteiger partial charge in [-0.05, 0) is 30.5 Å². The van der Waals surface area contributed by atoms with E-state index in [2.05, 4.69) is 15.6 Å². The average molecular weight is 352 g/mol. The summed E-state index contributed by atoms with van der Waals surface area (Å²) in [4.78, 5) is 41.6. The average Bonchev–Trinajstić information content (AvgIpc) is 2.93. The monoisotopic (exact) mass is 352 g/mol. The van der Waals surface area contributed by atoms with Crippen molar-refractivity contribution >= 4 is 23.5 Å². The minimum Gasteiger partial charge on any atom is -0.326 e. The molecule has 7 heteroatoms. The molecule has 26 heavy (non-hydrogen) atoms. The van der Waals surface area contributed by atoms with Crippen LogP contribution in [-0.2, 0) is 16.0 Å². The molecule has 7 nitrogen and oxygen atoms in total. The Kier molecular flexibility index (Phi) is 5.58. The molecular formula is C19H20N4O3. The molecule has 4 amide bonds. The molecule has 1 aromatic heterocycles. The maximum absolute atomic E-state index is 12.4. The van der Waals surface area contributed by atoms with Gasteiger partial charge in [-0.15, -0.1) is 0 Å². The van der Waals surface area contributed by atoms with E-state index in [1.807, 2.05) is 30.3 Å². The van der Waals surface area contributed by atoms with Gasteiger partial charge in [-0.2, -0.15) is 0 Å². The molecule has 2 aromatic rings. The van der Waals surface area contributed by atoms with Crippen molar-refractivity contribution in [1.82, 2.24) is 15.2 Å². The fourth-order valence-electron chi connectivity index (χ4n) is 2.81. The Labute approximate surface area is 151 Å². The van der Waals surface area contributed by atoms with Crippen molar-refractivity contribution in [2.24, 2.45) is 0 Å². The van der Waals surface area contributed by atoms with Gasteiger partial charge in [0.2, 0.25) is 5.91 Å². The van der Waals surface area contributed by atoms with Gasteiger partial charge in [0.1, 0.15) is 6.04 Å². The number of nitrogens with one attached hydrogen (secondary N) is 2. The van der Waals surface area contributed by atoms with Gasteiger partial charge in [0.15, 0.2) is 0 Å². The SMILES string of the molecule is O=C(CCC1NC(=O)N(CCc2ccccc2)C1=O)Nc1cccnc1. The summed E-state index contributed by atoms with van der Waals surface area (Å²) in [5.41, 5.74) is 1.66. The summed E-state index contributed by atoms with van der Waals surface area (Å²) in [5, 5.41) is 5.37. The number of aromatic nitrogens is 1. The molecule has 1 aliphatic rings. The van der Waals surface area contributed by atoms with Gasteiger partial charge in [-0.3, -0.25) is 19.5 Å². The van der Waals surface area contributed by atoms with Gasteiger partial charge in [-0.1, -0.05) is 30.3 Å². The van der Waals surface area contributed by atoms with Crippen molar-refractivity contribution in [3.63, 3.8) is 0 Å². The largest absolute Gasteiger partial charge is 0.326 e. The molecule has 0 radical (unpaired) electrons. The van der Waals surface area contributed by atoms with Crippen LogP contribution >= 0.6 is 0 Å². The van der Waals surface area contributed by atoms with E-state index in [1.165, 1.54) is 4.90 Å². The highest BCUT2D eigenvalue weighted by Crippen LogP contribution is 2.13. The number of urea groups is 1. The molecule has 3 rings (SSSR count). The number of carbonyl (C=O) groups is 3. The highest BCUT2D eigenvalue weighted by molar-refractivity contribution is 6.04. The van der Waals surface area contributed by atoms with Crippen molar-refractivity contribution in [3.8, 4) is 0 Å². The summed E-state index contributed by atoms with van der Waals surface area (Å²) in [7, 11) is 0. The first-order valence-corrected chi connectivity index (χ1v) is 8.49. The molecule has 2 heterocycles. The maximum atomic E-state index is 12.4. The zero-order valence-electron chi connectivity index (χ0n) is 14.2. The van der Waals surface area contributed by atoms with Gasteiger partial charge in [-0.25, -0.2) is 4.79 Å². The number of benzene rings is 1. The molecule has 134 valence electrons. The number of hydrogen-bond donors (Lipinski definition) is 2. The summed E-state index contributed by atoms with van der Waals surface area (Å²) >= 11 is 0. The highest BCUT2D eigenvalue weighted by Gasteiger charge is 2.37. The first kappa shape index (κ1) is 17.6. The van der Waals surface area contributed by atoms with E-state index in [-0.39, 0.29) is 24.7 Å². The number of carbonyl (C=O) groups excluding carboxylic acids is 3. The molecule has 1 aliphatic heterocycles. The normalized spacial score (nSPS) is 16.5. The summed E-state index contributed by atoms with van der Waals surface area (Å²) in [6.45, 7) is 0.326. The predicted octanol–water partition coefficient (Wildman–Crippen LogP) is 1.96. The van der Waals surface area contributed by atoms with E-state index in [4.69, 9.17) is 0 Å². The van der Waals surface area contributed by atoms with Crippen LogP contribution in [-0.4, -0.2) is 40.3 Å². The molecule has 0 saturated carbocycles. The van der Waals surface area contributed by atoms with Crippen LogP contribution < -0.4 is 10.6 Å². The lowest BCUT2D eigenvalue weighted by molar-refractivity contribution is -0.127. The third-order valence-corrected chi connectivity index (χ3v) is 4.18. The van der Waals surface area contributed by atoms with Crippen LogP contribution in [0.3, 0.4) is 0 Å². The number of rotatable bonds is 7. The van der Waals surface area contributed by atoms with Crippen molar-refractivity contribution in [1.29, 1.82) is 0 Å². The molecule has 0 aliphatic carbocycles. The second-order valence-corrected chi connectivity index (χ2v) is 6.06. The number of pyridine rings is 1. The molecule has 1 unspecified atom stereocenters. The Morgan fingerprint density at radius 1 is 1.15 bits per heavy atom. The zero-order chi connectivity index (χ0) is 18.4. The molecular weight excluding hydrogens is 332 g/mol. The van der Waals surface area contributed by atoms with Crippen LogP contribution in [0.25, 0.3) is 0 Å². The van der Waals surface area contributed by atoms with Crippen LogP contribution in [0.1, 0.15) is 18.4 Å². The van der Waals surface area contributed by atoms with Gasteiger partial charge >= 0.3 is 6.03 Å². The van der Waals surface area contributed by atoms with Crippen LogP contribution in [0.5, 0.6) is 0 Å². The fourth-order valence-corrected chi connectivity index (χ4v) is 2.81. The Morgan fingerprint density at radius 3 is 2.69 bits per heavy atom. The van der Waals surface area contributed by atoms with E-state index in [0.29, 0.717) is 18.7 Å². The Bertz CT molecular complexity index is 780. The Morgan fingerprint density at radius 2 is 1.96 bits per heavy atom. The first-order chi connectivity index (χ1) is 12.6. The third-order valence-electron chi connectivity index (χ3n) is 4.18. The molecule has 2 N–H and O–H groups in total. The summed E-state index contributed by atoms with van der Waals surface area (Å²) in [6.07, 6.45) is 4.17. The minimum absolute atomic E-state index is 0.137. The van der Waals surface area contributed by atoms with Crippen molar-refractivity contribution < 1.29 is 14.4 Å². The quantitative estimate of drug-likeness (QED) is 0.745. The van der Waals surface area contributed by atoms with Crippen LogP contribution in [0.4, 0.5) is 10.5 Å². The lowest BCUT2D eigenvalue weighted by Gasteiger charge is -2.13. The van der Waals surface area contributed by atoms with Gasteiger partial charge < -0.3 is 10.6 Å². The maximum Gasteiger partial charge on any atom is 0.324 e. The molecule has 1 atom stereocenters. The lowest BCUT2D eigenvalue weighted by Crippen LogP contribution is -2.33. The van der Waals surface area contributed by atoms with Gasteiger partial charge in [0, 0.05) is 19.2 Å². The third kappa shape index (κ3) is 4.44. The van der Waals surface area contributed by atoms with Crippen LogP contribution in [0.15, 0.2) is 54.9 Å². The zero-order valence-corrected chi connectivity index (χ0v) is 14.2. The lowest BCUT2D eigenvalue weighted by atomic mass is 10.1. The Hall–Kier alpha value is -3.22. The molecule has 1 aromatic carbocycles. The smallest absolute Gasteiger partial charge is 0.324 e. The number of hydrogen-bond acceptors (Lipinski definition) is 4. The van der Waals surface area contributed by atoms with E-state index in [9.17, 15) is 14.4 Å². The van der Waals surface area contributed by atoms with E-state index in [1.54, 1.807) is 24.5 Å². The standard InChI is InChI=1S/C19H20N4O3/c24-17(21-15-7-4-11-20-13-15)9-8-16-18(25)23(19(26)22-16)12-10-14-5-2-1-3-6-14/h1-7,11,13,16H,8-10,12H2,(H,21,24)(H,22,26). The molecule has 0 bridgehead atoms. The van der Waals surface area contributed by atoms with Crippen molar-refractivity contribution in [3.05, 3.63) is 60.4 Å². The van der Waals surface area contributed by atoms with E-state index >= 15 is 0 Å². The summed E-state index contributed by atoms with van der Waals surface area (Å²) in [5.74, 6) is -0.497. The van der Waals surface area contributed by atoms with Crippen LogP contribution in [0.2, 0.25) is 0 Å². The van der Waals surface area contributed by atoms with E-state index in [0.717, 1.165) is 5.56 Å². The topological polar surface area (TPSA) is 91.4 Å². The Balaban J connectivity index is 1.48. The fraction of sp³-hybridized carbons (Fsp3) is 0.263. The minimum atomic E-state index is -0.655. The molecule has 0 spiro atoms. The number of amides is 4. The summed E-state index contributed by atoms with van der Waals surface area (Å²) in [6, 6.07) is 12.1. The van der Waals surface area contributed by atoms with Gasteiger partial charge in [0.25, 0.3) is 5.91 Å². The second kappa shape index (κ2) is 8.24. The van der Waals surface area contributed by atoms with E-state index < -0.39 is 12.1 Å². The highest BCUT2D eigenvalue weighted by atomic mass is 16.2. The number of anilines is 1. The number of imide groups is 1. The first-order valence-electron chi connectivity index (χ1n) is 8.49. The molecule has 1 fully saturated rings. The number of nitrogens with zero attached hydrogens (tertiary/aromatic N) is 2. The van der Waals surface area contributed by atoms with Crippen molar-refractivity contribution in [2.45, 2.75) is 25.3 Å². The van der Waals surface area contributed by atoms with Crippen LogP contribution in [0, 0.1) is 0 Å². The summed E-state index contributed by atoms with van der Waals surface area (Å²) < 4.78 is 0. The van der Waals surface area contributed by atoms with Gasteiger partial charge in [0.05, 0.1) is 11.9 Å². The molecule has 1 saturated heterocycles. The second-order valence-electron chi connectivity index (χ2n) is 6.06.